The lowest BCUT2D eigenvalue weighted by atomic mass is 9.87. The first-order chi connectivity index (χ1) is 22.4. The molecule has 2 atom stereocenters. The number of methoxy groups -OCH3 is 4. The first-order valence-electron chi connectivity index (χ1n) is 15.9. The highest BCUT2D eigenvalue weighted by Gasteiger charge is 2.33. The van der Waals surface area contributed by atoms with Crippen LogP contribution in [0.1, 0.15) is 45.5 Å². The molecule has 0 fully saturated rings. The zero-order valence-electron chi connectivity index (χ0n) is 27.5. The number of hydrogen-bond donors (Lipinski definition) is 0. The van der Waals surface area contributed by atoms with E-state index in [1.165, 1.54) is 22.3 Å². The predicted octanol–water partition coefficient (Wildman–Crippen LogP) is 7.16. The van der Waals surface area contributed by atoms with Crippen molar-refractivity contribution in [3.05, 3.63) is 94.0 Å². The molecule has 0 unspecified atom stereocenters. The molecule has 8 nitrogen and oxygen atoms in total. The maximum Gasteiger partial charge on any atom is 0.204 e. The maximum atomic E-state index is 6.95. The summed E-state index contributed by atoms with van der Waals surface area (Å²) >= 11 is 0. The highest BCUT2D eigenvalue weighted by atomic mass is 16.5. The van der Waals surface area contributed by atoms with Crippen LogP contribution in [-0.4, -0.2) is 65.4 Å². The number of rotatable bonds is 4. The third-order valence-electron chi connectivity index (χ3n) is 9.87. The second-order valence-corrected chi connectivity index (χ2v) is 12.4. The second-order valence-electron chi connectivity index (χ2n) is 12.4. The van der Waals surface area contributed by atoms with Crippen molar-refractivity contribution in [2.45, 2.75) is 37.8 Å². The van der Waals surface area contributed by atoms with E-state index in [-0.39, 0.29) is 12.1 Å². The highest BCUT2D eigenvalue weighted by Crippen LogP contribution is 2.51. The number of fused-ring (bicyclic) bond motifs is 2. The Morgan fingerprint density at radius 2 is 1.26 bits per heavy atom. The zero-order valence-corrected chi connectivity index (χ0v) is 27.5. The van der Waals surface area contributed by atoms with Gasteiger partial charge in [0, 0.05) is 30.7 Å². The summed E-state index contributed by atoms with van der Waals surface area (Å²) < 4.78 is 37.0. The molecule has 0 spiro atoms. The fourth-order valence-corrected chi connectivity index (χ4v) is 7.27. The average Bonchev–Trinajstić information content (AvgIpc) is 3.07. The molecule has 8 rings (SSSR count). The molecule has 4 aliphatic rings. The number of nitrogens with zero attached hydrogens (tertiary/aromatic N) is 2. The minimum Gasteiger partial charge on any atom is -0.493 e. The van der Waals surface area contributed by atoms with Crippen LogP contribution in [-0.2, 0) is 25.7 Å². The van der Waals surface area contributed by atoms with Crippen molar-refractivity contribution in [2.24, 2.45) is 0 Å². The van der Waals surface area contributed by atoms with Crippen LogP contribution in [0.2, 0.25) is 0 Å². The topological polar surface area (TPSA) is 61.9 Å². The molecule has 0 aromatic heterocycles. The van der Waals surface area contributed by atoms with Gasteiger partial charge in [-0.1, -0.05) is 18.2 Å². The molecular formula is C38H42N2O6. The van der Waals surface area contributed by atoms with E-state index in [1.807, 2.05) is 18.2 Å². The molecule has 0 saturated heterocycles. The molecule has 4 aliphatic heterocycles. The summed E-state index contributed by atoms with van der Waals surface area (Å²) in [6.07, 6.45) is 3.35. The van der Waals surface area contributed by atoms with E-state index in [2.05, 4.69) is 66.4 Å². The monoisotopic (exact) mass is 622 g/mol. The lowest BCUT2D eigenvalue weighted by molar-refractivity contribution is 0.224. The van der Waals surface area contributed by atoms with Crippen LogP contribution in [0.4, 0.5) is 0 Å². The van der Waals surface area contributed by atoms with Crippen molar-refractivity contribution in [1.29, 1.82) is 0 Å². The second kappa shape index (κ2) is 12.4. The van der Waals surface area contributed by atoms with Crippen LogP contribution in [0.3, 0.4) is 0 Å². The van der Waals surface area contributed by atoms with Gasteiger partial charge in [-0.05, 0) is 110 Å². The largest absolute Gasteiger partial charge is 0.493 e. The summed E-state index contributed by atoms with van der Waals surface area (Å²) in [5.74, 6) is 5.48. The maximum absolute atomic E-state index is 6.95. The Morgan fingerprint density at radius 1 is 0.609 bits per heavy atom. The van der Waals surface area contributed by atoms with Gasteiger partial charge in [0.05, 0.1) is 28.4 Å². The van der Waals surface area contributed by atoms with Crippen molar-refractivity contribution in [1.82, 2.24) is 9.80 Å². The lowest BCUT2D eigenvalue weighted by Gasteiger charge is -2.37. The Kier molecular flexibility index (Phi) is 8.17. The molecule has 0 radical (unpaired) electrons. The zero-order chi connectivity index (χ0) is 31.9. The van der Waals surface area contributed by atoms with Crippen molar-refractivity contribution in [2.75, 3.05) is 55.6 Å². The van der Waals surface area contributed by atoms with Crippen LogP contribution in [0.15, 0.2) is 60.7 Å². The van der Waals surface area contributed by atoms with Gasteiger partial charge in [0.1, 0.15) is 5.75 Å². The Bertz CT molecular complexity index is 1750. The third-order valence-corrected chi connectivity index (χ3v) is 9.87. The van der Waals surface area contributed by atoms with E-state index in [9.17, 15) is 0 Å². The molecule has 46 heavy (non-hydrogen) atoms. The molecule has 0 aliphatic carbocycles. The standard InChI is InChI=1S/C38H42N2O6/c1-39-15-13-25-20-33(42-4)35-21-28(25)30(39)18-24-9-12-32(41-3)34(19-24)45-26-10-7-23(8-11-26)17-31-29-22-36(43-5)38(44-6)37(46-35)27(29)14-16-40(31)2/h7-12,19-22,30-31H,13-18H2,1-6H3/t30-,31-/m1/s1. The van der Waals surface area contributed by atoms with Crippen LogP contribution < -0.4 is 28.4 Å². The molecule has 8 heteroatoms. The first-order valence-corrected chi connectivity index (χ1v) is 15.9. The molecule has 4 heterocycles. The van der Waals surface area contributed by atoms with Crippen LogP contribution in [0.5, 0.6) is 46.0 Å². The fraction of sp³-hybridized carbons (Fsp3) is 0.368. The fourth-order valence-electron chi connectivity index (χ4n) is 7.27. The van der Waals surface area contributed by atoms with Crippen molar-refractivity contribution < 1.29 is 28.4 Å². The number of benzene rings is 4. The van der Waals surface area contributed by atoms with Crippen LogP contribution in [0, 0.1) is 0 Å². The lowest BCUT2D eigenvalue weighted by Crippen LogP contribution is -2.34. The third kappa shape index (κ3) is 5.39. The quantitative estimate of drug-likeness (QED) is 0.238. The summed E-state index contributed by atoms with van der Waals surface area (Å²) in [5, 5.41) is 0. The van der Waals surface area contributed by atoms with Gasteiger partial charge in [0.15, 0.2) is 34.5 Å². The van der Waals surface area contributed by atoms with Crippen molar-refractivity contribution >= 4 is 0 Å². The molecule has 0 N–H and O–H groups in total. The molecule has 240 valence electrons. The smallest absolute Gasteiger partial charge is 0.204 e. The van der Waals surface area contributed by atoms with E-state index < -0.39 is 0 Å². The number of ether oxygens (including phenoxy) is 6. The van der Waals surface area contributed by atoms with Crippen LogP contribution in [0.25, 0.3) is 0 Å². The summed E-state index contributed by atoms with van der Waals surface area (Å²) in [5.41, 5.74) is 7.17. The van der Waals surface area contributed by atoms with E-state index in [4.69, 9.17) is 28.4 Å². The molecule has 10 bridgehead atoms. The Balaban J connectivity index is 1.45. The Hall–Kier alpha value is -4.40. The van der Waals surface area contributed by atoms with Crippen molar-refractivity contribution in [3.8, 4) is 46.0 Å². The average molecular weight is 623 g/mol. The van der Waals surface area contributed by atoms with E-state index in [0.29, 0.717) is 40.2 Å². The van der Waals surface area contributed by atoms with Gasteiger partial charge in [0.2, 0.25) is 5.75 Å². The normalized spacial score (nSPS) is 19.2. The molecular weight excluding hydrogens is 580 g/mol. The Morgan fingerprint density at radius 3 is 1.98 bits per heavy atom. The van der Waals surface area contributed by atoms with Gasteiger partial charge in [0.25, 0.3) is 0 Å². The van der Waals surface area contributed by atoms with E-state index in [0.717, 1.165) is 55.6 Å². The number of hydrogen-bond acceptors (Lipinski definition) is 8. The van der Waals surface area contributed by atoms with E-state index >= 15 is 0 Å². The Labute approximate surface area is 271 Å². The highest BCUT2D eigenvalue weighted by molar-refractivity contribution is 5.63. The molecule has 0 saturated carbocycles. The van der Waals surface area contributed by atoms with Gasteiger partial charge >= 0.3 is 0 Å². The SMILES string of the molecule is COc1ccc2cc1Oc1ccc(cc1)C[C@@H]1c3cc(OC)c(OC)c(c3CCN1C)Oc1cc3c(cc1OC)CCN(C)[C@@H]3C2. The van der Waals surface area contributed by atoms with Gasteiger partial charge in [-0.2, -0.15) is 0 Å². The van der Waals surface area contributed by atoms with Gasteiger partial charge in [-0.15, -0.1) is 0 Å². The molecule has 0 amide bonds. The number of likely N-dealkylation sites (N-methyl/N-ethyl adjacent to an activating group) is 2. The summed E-state index contributed by atoms with van der Waals surface area (Å²) in [4.78, 5) is 4.82. The minimum atomic E-state index is 0.111. The summed E-state index contributed by atoms with van der Waals surface area (Å²) in [6, 6.07) is 21.3. The van der Waals surface area contributed by atoms with Crippen molar-refractivity contribution in [3.63, 3.8) is 0 Å². The van der Waals surface area contributed by atoms with Gasteiger partial charge in [-0.3, -0.25) is 9.80 Å². The van der Waals surface area contributed by atoms with Crippen LogP contribution >= 0.6 is 0 Å². The molecule has 4 aromatic rings. The van der Waals surface area contributed by atoms with Gasteiger partial charge < -0.3 is 28.4 Å². The van der Waals surface area contributed by atoms with E-state index in [1.54, 1.807) is 28.4 Å². The first kappa shape index (κ1) is 30.3. The minimum absolute atomic E-state index is 0.111. The summed E-state index contributed by atoms with van der Waals surface area (Å²) in [6.45, 7) is 1.83. The molecule has 4 aromatic carbocycles. The predicted molar refractivity (Wildman–Crippen MR) is 178 cm³/mol. The van der Waals surface area contributed by atoms with Gasteiger partial charge in [-0.25, -0.2) is 0 Å². The summed E-state index contributed by atoms with van der Waals surface area (Å²) in [7, 11) is 11.1.